The predicted molar refractivity (Wildman–Crippen MR) is 95.7 cm³/mol. The van der Waals surface area contributed by atoms with Gasteiger partial charge in [0.15, 0.2) is 0 Å². The van der Waals surface area contributed by atoms with Crippen LogP contribution < -0.4 is 9.47 Å². The fourth-order valence-electron chi connectivity index (χ4n) is 4.13. The van der Waals surface area contributed by atoms with Crippen LogP contribution in [0.2, 0.25) is 0 Å². The van der Waals surface area contributed by atoms with Crippen LogP contribution in [0.15, 0.2) is 12.1 Å². The van der Waals surface area contributed by atoms with Crippen molar-refractivity contribution >= 4 is 5.97 Å². The Morgan fingerprint density at radius 2 is 2.12 bits per heavy atom. The van der Waals surface area contributed by atoms with E-state index in [2.05, 4.69) is 0 Å². The summed E-state index contributed by atoms with van der Waals surface area (Å²) in [6.45, 7) is 5.73. The van der Waals surface area contributed by atoms with Crippen LogP contribution >= 0.6 is 0 Å². The molecule has 1 heterocycles. The number of fused-ring (bicyclic) bond motifs is 1. The molecule has 1 saturated carbocycles. The van der Waals surface area contributed by atoms with Gasteiger partial charge in [0.05, 0.1) is 25.4 Å². The number of ether oxygens (including phenoxy) is 3. The van der Waals surface area contributed by atoms with Gasteiger partial charge in [0.1, 0.15) is 22.7 Å². The first-order valence-corrected chi connectivity index (χ1v) is 9.18. The van der Waals surface area contributed by atoms with Gasteiger partial charge in [0.25, 0.3) is 0 Å². The van der Waals surface area contributed by atoms with Crippen molar-refractivity contribution in [1.29, 1.82) is 0 Å². The topological polar surface area (TPSA) is 85.2 Å². The first-order chi connectivity index (χ1) is 12.2. The van der Waals surface area contributed by atoms with Gasteiger partial charge in [-0.1, -0.05) is 0 Å². The molecule has 2 aliphatic rings. The number of rotatable bonds is 4. The van der Waals surface area contributed by atoms with E-state index in [0.717, 1.165) is 12.0 Å². The van der Waals surface area contributed by atoms with Gasteiger partial charge in [-0.3, -0.25) is 0 Å². The number of aliphatic hydroxyl groups excluding tert-OH is 1. The third-order valence-corrected chi connectivity index (χ3v) is 5.88. The van der Waals surface area contributed by atoms with E-state index < -0.39 is 23.3 Å². The van der Waals surface area contributed by atoms with Gasteiger partial charge in [0, 0.05) is 17.9 Å². The summed E-state index contributed by atoms with van der Waals surface area (Å²) in [7, 11) is 1.59. The fraction of sp³-hybridized carbons (Fsp3) is 0.650. The molecule has 6 nitrogen and oxygen atoms in total. The second-order valence-electron chi connectivity index (χ2n) is 7.78. The van der Waals surface area contributed by atoms with Crippen molar-refractivity contribution in [2.45, 2.75) is 63.8 Å². The maximum Gasteiger partial charge on any atom is 0.341 e. The zero-order chi connectivity index (χ0) is 19.1. The molecule has 0 aromatic heterocycles. The van der Waals surface area contributed by atoms with Crippen LogP contribution in [0.1, 0.15) is 56.0 Å². The van der Waals surface area contributed by atoms with Crippen molar-refractivity contribution < 1.29 is 29.2 Å². The molecule has 1 aromatic rings. The summed E-state index contributed by atoms with van der Waals surface area (Å²) >= 11 is 0. The Morgan fingerprint density at radius 1 is 1.38 bits per heavy atom. The molecular formula is C20H28O6. The molecule has 1 aromatic carbocycles. The summed E-state index contributed by atoms with van der Waals surface area (Å²) in [6, 6.07) is 3.43. The molecule has 0 spiro atoms. The molecule has 26 heavy (non-hydrogen) atoms. The minimum absolute atomic E-state index is 0.0601. The van der Waals surface area contributed by atoms with Crippen molar-refractivity contribution in [1.82, 2.24) is 0 Å². The van der Waals surface area contributed by atoms with Crippen molar-refractivity contribution in [2.75, 3.05) is 13.7 Å². The highest BCUT2D eigenvalue weighted by molar-refractivity contribution is 5.94. The van der Waals surface area contributed by atoms with E-state index in [4.69, 9.17) is 14.2 Å². The first kappa shape index (κ1) is 19.0. The maximum absolute atomic E-state index is 12.3. The molecule has 1 aliphatic carbocycles. The third kappa shape index (κ3) is 3.16. The number of carbonyl (C=O) groups is 1. The molecule has 1 fully saturated rings. The Balaban J connectivity index is 1.91. The Bertz CT molecular complexity index is 698. The Hall–Kier alpha value is -1.79. The smallest absolute Gasteiger partial charge is 0.341 e. The van der Waals surface area contributed by atoms with Crippen LogP contribution in [0.25, 0.3) is 0 Å². The molecule has 0 bridgehead atoms. The van der Waals surface area contributed by atoms with Crippen LogP contribution in [-0.4, -0.2) is 47.2 Å². The van der Waals surface area contributed by atoms with E-state index in [0.29, 0.717) is 42.9 Å². The van der Waals surface area contributed by atoms with Gasteiger partial charge in [-0.05, 0) is 52.2 Å². The Morgan fingerprint density at radius 3 is 2.73 bits per heavy atom. The van der Waals surface area contributed by atoms with Crippen molar-refractivity contribution in [3.63, 3.8) is 0 Å². The molecular weight excluding hydrogens is 336 g/mol. The molecule has 0 radical (unpaired) electrons. The third-order valence-electron chi connectivity index (χ3n) is 5.88. The SMILES string of the molecule is CCOC(=O)c1ccc(OC)c2c1OC(C)([C@@H]1CCC(C)(O)[C@H](O)C1)C2. The molecule has 0 saturated heterocycles. The lowest BCUT2D eigenvalue weighted by atomic mass is 9.70. The van der Waals surface area contributed by atoms with Gasteiger partial charge >= 0.3 is 5.97 Å². The standard InChI is InChI=1S/C20H28O6/c1-5-25-18(22)13-6-7-15(24-4)14-11-20(3,26-17(13)14)12-8-9-19(2,23)16(21)10-12/h6-7,12,16,21,23H,5,8-11H2,1-4H3/t12-,16-,19?,20?/m1/s1. The largest absolute Gasteiger partial charge is 0.496 e. The molecule has 2 unspecified atom stereocenters. The Labute approximate surface area is 154 Å². The molecule has 0 amide bonds. The molecule has 4 atom stereocenters. The zero-order valence-corrected chi connectivity index (χ0v) is 15.9. The van der Waals surface area contributed by atoms with Gasteiger partial charge in [0.2, 0.25) is 0 Å². The minimum Gasteiger partial charge on any atom is -0.496 e. The first-order valence-electron chi connectivity index (χ1n) is 9.18. The highest BCUT2D eigenvalue weighted by atomic mass is 16.5. The average molecular weight is 364 g/mol. The van der Waals surface area contributed by atoms with Crippen molar-refractivity contribution in [2.24, 2.45) is 5.92 Å². The van der Waals surface area contributed by atoms with E-state index in [9.17, 15) is 15.0 Å². The molecule has 2 N–H and O–H groups in total. The van der Waals surface area contributed by atoms with E-state index >= 15 is 0 Å². The summed E-state index contributed by atoms with van der Waals surface area (Å²) in [5, 5.41) is 20.6. The highest BCUT2D eigenvalue weighted by Crippen LogP contribution is 2.49. The van der Waals surface area contributed by atoms with E-state index in [-0.39, 0.29) is 5.92 Å². The van der Waals surface area contributed by atoms with Crippen LogP contribution in [0.3, 0.4) is 0 Å². The monoisotopic (exact) mass is 364 g/mol. The minimum atomic E-state index is -1.06. The lowest BCUT2D eigenvalue weighted by Crippen LogP contribution is -2.51. The van der Waals surface area contributed by atoms with Crippen LogP contribution in [-0.2, 0) is 11.2 Å². The van der Waals surface area contributed by atoms with Gasteiger partial charge < -0.3 is 24.4 Å². The van der Waals surface area contributed by atoms with Gasteiger partial charge in [-0.15, -0.1) is 0 Å². The zero-order valence-electron chi connectivity index (χ0n) is 15.9. The maximum atomic E-state index is 12.3. The number of carbonyl (C=O) groups excluding carboxylic acids is 1. The Kier molecular flexibility index (Phi) is 4.92. The predicted octanol–water partition coefficient (Wildman–Crippen LogP) is 2.48. The number of methoxy groups -OCH3 is 1. The second kappa shape index (κ2) is 6.74. The number of esters is 1. The summed E-state index contributed by atoms with van der Waals surface area (Å²) in [5.41, 5.74) is -0.385. The number of aliphatic hydroxyl groups is 2. The van der Waals surface area contributed by atoms with Gasteiger partial charge in [-0.25, -0.2) is 4.79 Å². The van der Waals surface area contributed by atoms with Crippen LogP contribution in [0.4, 0.5) is 0 Å². The quantitative estimate of drug-likeness (QED) is 0.799. The van der Waals surface area contributed by atoms with Crippen LogP contribution in [0, 0.1) is 5.92 Å². The van der Waals surface area contributed by atoms with Crippen LogP contribution in [0.5, 0.6) is 11.5 Å². The fourth-order valence-corrected chi connectivity index (χ4v) is 4.13. The molecule has 1 aliphatic heterocycles. The second-order valence-corrected chi connectivity index (χ2v) is 7.78. The molecule has 144 valence electrons. The normalized spacial score (nSPS) is 33.3. The average Bonchev–Trinajstić information content (AvgIpc) is 2.95. The summed E-state index contributed by atoms with van der Waals surface area (Å²) < 4.78 is 16.9. The van der Waals surface area contributed by atoms with Crippen molar-refractivity contribution in [3.8, 4) is 11.5 Å². The van der Waals surface area contributed by atoms with Gasteiger partial charge in [-0.2, -0.15) is 0 Å². The van der Waals surface area contributed by atoms with E-state index in [1.807, 2.05) is 6.92 Å². The van der Waals surface area contributed by atoms with E-state index in [1.165, 1.54) is 0 Å². The molecule has 6 heteroatoms. The number of hydrogen-bond acceptors (Lipinski definition) is 6. The van der Waals surface area contributed by atoms with E-state index in [1.54, 1.807) is 33.1 Å². The van der Waals surface area contributed by atoms with Crippen molar-refractivity contribution in [3.05, 3.63) is 23.3 Å². The molecule has 3 rings (SSSR count). The number of hydrogen-bond donors (Lipinski definition) is 2. The lowest BCUT2D eigenvalue weighted by molar-refractivity contribution is -0.121. The summed E-state index contributed by atoms with van der Waals surface area (Å²) in [4.78, 5) is 12.3. The summed E-state index contributed by atoms with van der Waals surface area (Å²) in [6.07, 6.45) is 1.49. The highest BCUT2D eigenvalue weighted by Gasteiger charge is 2.49. The number of benzene rings is 1. The summed E-state index contributed by atoms with van der Waals surface area (Å²) in [5.74, 6) is 0.837. The lowest BCUT2D eigenvalue weighted by Gasteiger charge is -2.43.